The summed E-state index contributed by atoms with van der Waals surface area (Å²) >= 11 is 6.00. The van der Waals surface area contributed by atoms with E-state index in [0.29, 0.717) is 6.54 Å². The Morgan fingerprint density at radius 1 is 1.30 bits per heavy atom. The van der Waals surface area contributed by atoms with Crippen LogP contribution >= 0.6 is 11.6 Å². The van der Waals surface area contributed by atoms with Gasteiger partial charge in [-0.15, -0.1) is 0 Å². The van der Waals surface area contributed by atoms with E-state index in [9.17, 15) is 13.2 Å². The Morgan fingerprint density at radius 2 is 2.09 bits per heavy atom. The second-order valence-electron chi connectivity index (χ2n) is 5.01. The molecule has 2 aromatic rings. The highest BCUT2D eigenvalue weighted by Gasteiger charge is 2.12. The Bertz CT molecular complexity index is 773. The van der Waals surface area contributed by atoms with Gasteiger partial charge in [0.25, 0.3) is 5.91 Å². The van der Waals surface area contributed by atoms with Gasteiger partial charge in [-0.3, -0.25) is 9.52 Å². The standard InChI is InChI=1S/C15H17ClN2O4S/c1-23(20,21)18-11-6-7-14(16)13(10-11)15(19)17-8-2-4-12-5-3-9-22-12/h3,5-7,9-10,18H,2,4,8H2,1H3,(H,17,19). The molecule has 0 aliphatic carbocycles. The average Bonchev–Trinajstić information content (AvgIpc) is 2.97. The van der Waals surface area contributed by atoms with Gasteiger partial charge in [0.05, 0.1) is 23.1 Å². The van der Waals surface area contributed by atoms with Gasteiger partial charge in [-0.25, -0.2) is 8.42 Å². The number of hydrogen-bond donors (Lipinski definition) is 2. The summed E-state index contributed by atoms with van der Waals surface area (Å²) in [5, 5.41) is 3.01. The molecular formula is C15H17ClN2O4S. The van der Waals surface area contributed by atoms with Crippen LogP contribution < -0.4 is 10.0 Å². The normalized spacial score (nSPS) is 11.2. The predicted octanol–water partition coefficient (Wildman–Crippen LogP) is 2.67. The van der Waals surface area contributed by atoms with Gasteiger partial charge < -0.3 is 9.73 Å². The van der Waals surface area contributed by atoms with Crippen molar-refractivity contribution < 1.29 is 17.6 Å². The van der Waals surface area contributed by atoms with E-state index >= 15 is 0 Å². The maximum Gasteiger partial charge on any atom is 0.252 e. The highest BCUT2D eigenvalue weighted by atomic mass is 35.5. The molecule has 2 N–H and O–H groups in total. The van der Waals surface area contributed by atoms with Gasteiger partial charge in [0.2, 0.25) is 10.0 Å². The summed E-state index contributed by atoms with van der Waals surface area (Å²) in [6.07, 6.45) is 4.08. The van der Waals surface area contributed by atoms with Crippen molar-refractivity contribution in [2.24, 2.45) is 0 Å². The third kappa shape index (κ3) is 5.61. The third-order valence-corrected chi connectivity index (χ3v) is 3.92. The minimum atomic E-state index is -3.41. The van der Waals surface area contributed by atoms with Crippen molar-refractivity contribution in [1.82, 2.24) is 5.32 Å². The van der Waals surface area contributed by atoms with Crippen molar-refractivity contribution in [2.75, 3.05) is 17.5 Å². The first-order valence-electron chi connectivity index (χ1n) is 6.93. The third-order valence-electron chi connectivity index (χ3n) is 2.98. The molecule has 0 bridgehead atoms. The quantitative estimate of drug-likeness (QED) is 0.746. The molecule has 23 heavy (non-hydrogen) atoms. The lowest BCUT2D eigenvalue weighted by atomic mass is 10.2. The fourth-order valence-electron chi connectivity index (χ4n) is 1.99. The van der Waals surface area contributed by atoms with Crippen LogP contribution in [0.4, 0.5) is 5.69 Å². The highest BCUT2D eigenvalue weighted by Crippen LogP contribution is 2.21. The average molecular weight is 357 g/mol. The molecule has 1 aromatic carbocycles. The van der Waals surface area contributed by atoms with Crippen molar-refractivity contribution in [3.8, 4) is 0 Å². The maximum atomic E-state index is 12.1. The zero-order valence-electron chi connectivity index (χ0n) is 12.5. The van der Waals surface area contributed by atoms with Crippen molar-refractivity contribution in [2.45, 2.75) is 12.8 Å². The van der Waals surface area contributed by atoms with Crippen LogP contribution in [0.5, 0.6) is 0 Å². The number of carbonyl (C=O) groups excluding carboxylic acids is 1. The van der Waals surface area contributed by atoms with Gasteiger partial charge in [0.15, 0.2) is 0 Å². The van der Waals surface area contributed by atoms with Crippen molar-refractivity contribution in [3.05, 3.63) is 52.9 Å². The number of furan rings is 1. The van der Waals surface area contributed by atoms with Gasteiger partial charge in [0.1, 0.15) is 5.76 Å². The van der Waals surface area contributed by atoms with Crippen LogP contribution in [-0.2, 0) is 16.4 Å². The monoisotopic (exact) mass is 356 g/mol. The molecule has 0 saturated carbocycles. The molecule has 0 unspecified atom stereocenters. The first kappa shape index (κ1) is 17.4. The van der Waals surface area contributed by atoms with Crippen LogP contribution in [0.1, 0.15) is 22.5 Å². The fourth-order valence-corrected chi connectivity index (χ4v) is 2.75. The molecule has 0 fully saturated rings. The molecule has 6 nitrogen and oxygen atoms in total. The molecule has 0 aliphatic heterocycles. The molecule has 0 radical (unpaired) electrons. The van der Waals surface area contributed by atoms with E-state index < -0.39 is 10.0 Å². The van der Waals surface area contributed by atoms with E-state index in [4.69, 9.17) is 16.0 Å². The van der Waals surface area contributed by atoms with Gasteiger partial charge in [-0.2, -0.15) is 0 Å². The number of sulfonamides is 1. The zero-order valence-corrected chi connectivity index (χ0v) is 14.1. The second kappa shape index (κ2) is 7.52. The number of halogens is 1. The number of anilines is 1. The number of rotatable bonds is 7. The summed E-state index contributed by atoms with van der Waals surface area (Å²) in [6.45, 7) is 0.458. The number of aryl methyl sites for hydroxylation is 1. The Kier molecular flexibility index (Phi) is 5.68. The van der Waals surface area contributed by atoms with Crippen LogP contribution in [0.15, 0.2) is 41.0 Å². The van der Waals surface area contributed by atoms with E-state index in [1.165, 1.54) is 18.2 Å². The van der Waals surface area contributed by atoms with E-state index in [1.54, 1.807) is 6.26 Å². The number of benzene rings is 1. The molecule has 2 rings (SSSR count). The maximum absolute atomic E-state index is 12.1. The van der Waals surface area contributed by atoms with Gasteiger partial charge in [0, 0.05) is 18.7 Å². The number of nitrogens with one attached hydrogen (secondary N) is 2. The van der Waals surface area contributed by atoms with E-state index in [0.717, 1.165) is 24.9 Å². The molecule has 1 heterocycles. The molecule has 1 aromatic heterocycles. The summed E-state index contributed by atoms with van der Waals surface area (Å²) in [4.78, 5) is 12.1. The van der Waals surface area contributed by atoms with Gasteiger partial charge in [-0.1, -0.05) is 11.6 Å². The summed E-state index contributed by atoms with van der Waals surface area (Å²) in [5.74, 6) is 0.503. The first-order chi connectivity index (χ1) is 10.8. The van der Waals surface area contributed by atoms with Crippen LogP contribution in [0.2, 0.25) is 5.02 Å². The molecule has 0 atom stereocenters. The van der Waals surface area contributed by atoms with Crippen LogP contribution in [0, 0.1) is 0 Å². The van der Waals surface area contributed by atoms with Gasteiger partial charge >= 0.3 is 0 Å². The summed E-state index contributed by atoms with van der Waals surface area (Å²) < 4.78 is 30.0. The molecule has 0 spiro atoms. The lowest BCUT2D eigenvalue weighted by Gasteiger charge is -2.09. The highest BCUT2D eigenvalue weighted by molar-refractivity contribution is 7.92. The minimum absolute atomic E-state index is 0.221. The Labute approximate surface area is 139 Å². The fraction of sp³-hybridized carbons (Fsp3) is 0.267. The SMILES string of the molecule is CS(=O)(=O)Nc1ccc(Cl)c(C(=O)NCCCc2ccco2)c1. The Hall–Kier alpha value is -1.99. The zero-order chi connectivity index (χ0) is 16.9. The Balaban J connectivity index is 1.94. The summed E-state index contributed by atoms with van der Waals surface area (Å²) in [5.41, 5.74) is 0.510. The Morgan fingerprint density at radius 3 is 2.74 bits per heavy atom. The van der Waals surface area contributed by atoms with E-state index in [1.807, 2.05) is 12.1 Å². The number of carbonyl (C=O) groups is 1. The smallest absolute Gasteiger partial charge is 0.252 e. The molecule has 0 saturated heterocycles. The largest absolute Gasteiger partial charge is 0.469 e. The van der Waals surface area contributed by atoms with E-state index in [2.05, 4.69) is 10.0 Å². The molecule has 1 amide bonds. The van der Waals surface area contributed by atoms with Crippen molar-refractivity contribution in [1.29, 1.82) is 0 Å². The number of hydrogen-bond acceptors (Lipinski definition) is 4. The molecule has 0 aliphatic rings. The molecule has 8 heteroatoms. The predicted molar refractivity (Wildman–Crippen MR) is 89.3 cm³/mol. The summed E-state index contributed by atoms with van der Waals surface area (Å²) in [7, 11) is -3.41. The van der Waals surface area contributed by atoms with Crippen molar-refractivity contribution >= 4 is 33.2 Å². The van der Waals surface area contributed by atoms with Crippen LogP contribution in [-0.4, -0.2) is 27.1 Å². The van der Waals surface area contributed by atoms with Gasteiger partial charge in [-0.05, 0) is 36.8 Å². The minimum Gasteiger partial charge on any atom is -0.469 e. The van der Waals surface area contributed by atoms with Crippen LogP contribution in [0.25, 0.3) is 0 Å². The first-order valence-corrected chi connectivity index (χ1v) is 9.20. The lowest BCUT2D eigenvalue weighted by Crippen LogP contribution is -2.25. The molecular weight excluding hydrogens is 340 g/mol. The topological polar surface area (TPSA) is 88.4 Å². The lowest BCUT2D eigenvalue weighted by molar-refractivity contribution is 0.0953. The van der Waals surface area contributed by atoms with Crippen molar-refractivity contribution in [3.63, 3.8) is 0 Å². The summed E-state index contributed by atoms with van der Waals surface area (Å²) in [6, 6.07) is 8.07. The molecule has 124 valence electrons. The number of amides is 1. The van der Waals surface area contributed by atoms with Crippen LogP contribution in [0.3, 0.4) is 0 Å². The van der Waals surface area contributed by atoms with E-state index in [-0.39, 0.29) is 22.2 Å². The second-order valence-corrected chi connectivity index (χ2v) is 7.16.